The Morgan fingerprint density at radius 3 is 2.61 bits per heavy atom. The standard InChI is InChI=1S/C24H34N6O3/c1-23(2,3)33-22(32)29-15-11-24(10-13-25,12-16-29)30-18-9-14-26-21(31)19(18)20(28-30)27-17-7-5-4-6-8-17/h4-8,18-20,27-28H,9-12,14-16H2,1-3H3,(H,26,31). The summed E-state index contributed by atoms with van der Waals surface area (Å²) in [5.74, 6) is -0.258. The number of benzene rings is 1. The molecule has 3 N–H and O–H groups in total. The van der Waals surface area contributed by atoms with Crippen LogP contribution in [0.3, 0.4) is 0 Å². The highest BCUT2D eigenvalue weighted by Crippen LogP contribution is 2.40. The summed E-state index contributed by atoms with van der Waals surface area (Å²) in [4.78, 5) is 27.2. The molecule has 0 bridgehead atoms. The van der Waals surface area contributed by atoms with Crippen LogP contribution in [0.2, 0.25) is 0 Å². The third-order valence-electron chi connectivity index (χ3n) is 6.79. The van der Waals surface area contributed by atoms with E-state index in [0.717, 1.165) is 12.1 Å². The van der Waals surface area contributed by atoms with Crippen molar-refractivity contribution in [2.75, 3.05) is 25.0 Å². The van der Waals surface area contributed by atoms with Crippen LogP contribution in [-0.4, -0.2) is 64.9 Å². The number of para-hydroxylation sites is 1. The lowest BCUT2D eigenvalue weighted by molar-refractivity contribution is -0.128. The predicted octanol–water partition coefficient (Wildman–Crippen LogP) is 2.43. The molecule has 1 aromatic rings. The molecule has 2 amide bonds. The van der Waals surface area contributed by atoms with Gasteiger partial charge in [0.15, 0.2) is 0 Å². The molecule has 3 atom stereocenters. The Morgan fingerprint density at radius 2 is 1.97 bits per heavy atom. The van der Waals surface area contributed by atoms with Crippen molar-refractivity contribution in [1.82, 2.24) is 20.7 Å². The molecule has 3 heterocycles. The summed E-state index contributed by atoms with van der Waals surface area (Å²) in [6.45, 7) is 7.21. The molecule has 9 nitrogen and oxygen atoms in total. The fourth-order valence-electron chi connectivity index (χ4n) is 5.21. The number of carbonyl (C=O) groups is 2. The molecule has 3 aliphatic rings. The van der Waals surface area contributed by atoms with Crippen molar-refractivity contribution in [1.29, 1.82) is 5.26 Å². The van der Waals surface area contributed by atoms with Crippen LogP contribution in [0.1, 0.15) is 46.5 Å². The highest BCUT2D eigenvalue weighted by Gasteiger charge is 2.55. The lowest BCUT2D eigenvalue weighted by Gasteiger charge is -2.48. The van der Waals surface area contributed by atoms with E-state index in [4.69, 9.17) is 4.74 Å². The minimum Gasteiger partial charge on any atom is -0.444 e. The van der Waals surface area contributed by atoms with Crippen LogP contribution < -0.4 is 16.1 Å². The average molecular weight is 455 g/mol. The number of likely N-dealkylation sites (tertiary alicyclic amines) is 1. The quantitative estimate of drug-likeness (QED) is 0.641. The topological polar surface area (TPSA) is 110 Å². The Morgan fingerprint density at radius 1 is 1.27 bits per heavy atom. The van der Waals surface area contributed by atoms with Crippen molar-refractivity contribution in [3.63, 3.8) is 0 Å². The molecule has 0 radical (unpaired) electrons. The van der Waals surface area contributed by atoms with Gasteiger partial charge >= 0.3 is 6.09 Å². The molecule has 9 heteroatoms. The van der Waals surface area contributed by atoms with Gasteiger partial charge in [-0.05, 0) is 52.2 Å². The number of nitriles is 1. The Balaban J connectivity index is 1.54. The summed E-state index contributed by atoms with van der Waals surface area (Å²) >= 11 is 0. The number of piperidine rings is 2. The molecule has 3 aliphatic heterocycles. The van der Waals surface area contributed by atoms with Crippen LogP contribution >= 0.6 is 0 Å². The van der Waals surface area contributed by atoms with Gasteiger partial charge in [0.05, 0.1) is 23.9 Å². The molecule has 4 rings (SSSR count). The number of fused-ring (bicyclic) bond motifs is 1. The molecule has 1 aromatic carbocycles. The monoisotopic (exact) mass is 454 g/mol. The number of hydrogen-bond acceptors (Lipinski definition) is 7. The van der Waals surface area contributed by atoms with Crippen molar-refractivity contribution < 1.29 is 14.3 Å². The van der Waals surface area contributed by atoms with Gasteiger partial charge in [0.1, 0.15) is 11.8 Å². The molecular weight excluding hydrogens is 420 g/mol. The number of ether oxygens (including phenoxy) is 1. The molecule has 0 spiro atoms. The minimum absolute atomic E-state index is 0.0213. The van der Waals surface area contributed by atoms with Gasteiger partial charge in [-0.25, -0.2) is 15.2 Å². The second-order valence-corrected chi connectivity index (χ2v) is 10.2. The van der Waals surface area contributed by atoms with Crippen LogP contribution in [0.25, 0.3) is 0 Å². The van der Waals surface area contributed by atoms with Crippen LogP contribution in [0.15, 0.2) is 30.3 Å². The normalized spacial score (nSPS) is 27.3. The Labute approximate surface area is 195 Å². The lowest BCUT2D eigenvalue weighted by Crippen LogP contribution is -2.62. The maximum atomic E-state index is 12.9. The summed E-state index contributed by atoms with van der Waals surface area (Å²) in [5, 5.41) is 18.4. The van der Waals surface area contributed by atoms with Crippen molar-refractivity contribution in [3.8, 4) is 6.07 Å². The summed E-state index contributed by atoms with van der Waals surface area (Å²) < 4.78 is 5.54. The first-order valence-electron chi connectivity index (χ1n) is 11.7. The van der Waals surface area contributed by atoms with E-state index in [1.54, 1.807) is 4.90 Å². The Bertz CT molecular complexity index is 901. The summed E-state index contributed by atoms with van der Waals surface area (Å²) in [7, 11) is 0. The van der Waals surface area contributed by atoms with Gasteiger partial charge in [-0.1, -0.05) is 18.2 Å². The van der Waals surface area contributed by atoms with Crippen molar-refractivity contribution in [2.24, 2.45) is 5.92 Å². The first kappa shape index (κ1) is 23.3. The number of hydrazine groups is 1. The Hall–Kier alpha value is -2.83. The summed E-state index contributed by atoms with van der Waals surface area (Å²) in [6, 6.07) is 12.2. The van der Waals surface area contributed by atoms with E-state index in [1.165, 1.54) is 0 Å². The van der Waals surface area contributed by atoms with E-state index in [0.29, 0.717) is 38.9 Å². The maximum absolute atomic E-state index is 12.9. The molecular formula is C24H34N6O3. The molecule has 3 saturated heterocycles. The highest BCUT2D eigenvalue weighted by atomic mass is 16.6. The van der Waals surface area contributed by atoms with Crippen LogP contribution in [0.5, 0.6) is 0 Å². The zero-order valence-corrected chi connectivity index (χ0v) is 19.6. The predicted molar refractivity (Wildman–Crippen MR) is 124 cm³/mol. The van der Waals surface area contributed by atoms with Gasteiger partial charge in [0, 0.05) is 31.4 Å². The third-order valence-corrected chi connectivity index (χ3v) is 6.79. The van der Waals surface area contributed by atoms with Crippen LogP contribution in [-0.2, 0) is 9.53 Å². The number of rotatable bonds is 4. The van der Waals surface area contributed by atoms with E-state index in [2.05, 4.69) is 27.1 Å². The molecule has 3 unspecified atom stereocenters. The zero-order valence-electron chi connectivity index (χ0n) is 19.6. The van der Waals surface area contributed by atoms with Crippen LogP contribution in [0, 0.1) is 17.2 Å². The van der Waals surface area contributed by atoms with Crippen molar-refractivity contribution in [2.45, 2.75) is 69.8 Å². The van der Waals surface area contributed by atoms with Gasteiger partial charge in [-0.2, -0.15) is 5.26 Å². The molecule has 0 aromatic heterocycles. The van der Waals surface area contributed by atoms with Gasteiger partial charge in [0.25, 0.3) is 0 Å². The Kier molecular flexibility index (Phi) is 6.50. The van der Waals surface area contributed by atoms with Gasteiger partial charge < -0.3 is 20.3 Å². The SMILES string of the molecule is CC(C)(C)OC(=O)N1CCC(CC#N)(N2NC(Nc3ccccc3)C3C(=O)NCCC32)CC1. The van der Waals surface area contributed by atoms with E-state index >= 15 is 0 Å². The zero-order chi connectivity index (χ0) is 23.6. The fraction of sp³-hybridized carbons (Fsp3) is 0.625. The molecule has 0 aliphatic carbocycles. The second-order valence-electron chi connectivity index (χ2n) is 10.2. The average Bonchev–Trinajstić information content (AvgIpc) is 3.14. The molecule has 3 fully saturated rings. The maximum Gasteiger partial charge on any atom is 0.410 e. The minimum atomic E-state index is -0.548. The number of carbonyl (C=O) groups excluding carboxylic acids is 2. The highest BCUT2D eigenvalue weighted by molar-refractivity contribution is 5.82. The first-order valence-corrected chi connectivity index (χ1v) is 11.7. The molecule has 178 valence electrons. The van der Waals surface area contributed by atoms with E-state index in [-0.39, 0.29) is 30.1 Å². The number of amides is 2. The van der Waals surface area contributed by atoms with E-state index in [9.17, 15) is 14.9 Å². The number of hydrogen-bond donors (Lipinski definition) is 3. The number of nitrogens with one attached hydrogen (secondary N) is 3. The smallest absolute Gasteiger partial charge is 0.410 e. The van der Waals surface area contributed by atoms with Gasteiger partial charge in [0.2, 0.25) is 5.91 Å². The van der Waals surface area contributed by atoms with E-state index < -0.39 is 11.1 Å². The summed E-state index contributed by atoms with van der Waals surface area (Å²) in [6.07, 6.45) is 1.80. The van der Waals surface area contributed by atoms with Gasteiger partial charge in [-0.15, -0.1) is 0 Å². The second kappa shape index (κ2) is 9.20. The number of nitrogens with zero attached hydrogens (tertiary/aromatic N) is 3. The molecule has 0 saturated carbocycles. The first-order chi connectivity index (χ1) is 15.7. The van der Waals surface area contributed by atoms with Crippen molar-refractivity contribution >= 4 is 17.7 Å². The van der Waals surface area contributed by atoms with Gasteiger partial charge in [-0.3, -0.25) is 4.79 Å². The van der Waals surface area contributed by atoms with E-state index in [1.807, 2.05) is 51.1 Å². The largest absolute Gasteiger partial charge is 0.444 e. The fourth-order valence-corrected chi connectivity index (χ4v) is 5.21. The van der Waals surface area contributed by atoms with Crippen LogP contribution in [0.4, 0.5) is 10.5 Å². The summed E-state index contributed by atoms with van der Waals surface area (Å²) in [5.41, 5.74) is 3.49. The number of anilines is 1. The van der Waals surface area contributed by atoms with Crippen molar-refractivity contribution in [3.05, 3.63) is 30.3 Å². The molecule has 33 heavy (non-hydrogen) atoms. The third kappa shape index (κ3) is 4.92. The lowest BCUT2D eigenvalue weighted by atomic mass is 9.81.